The molecule has 15 heavy (non-hydrogen) atoms. The van der Waals surface area contributed by atoms with E-state index in [1.54, 1.807) is 6.07 Å². The van der Waals surface area contributed by atoms with Gasteiger partial charge in [-0.2, -0.15) is 0 Å². The number of allylic oxidation sites excluding steroid dienone is 2. The maximum absolute atomic E-state index is 5.98. The first-order chi connectivity index (χ1) is 7.17. The SMILES string of the molecule is C/C=C\CC(CC)c1cc(Cl)cc(Cl)c1. The van der Waals surface area contributed by atoms with Crippen LogP contribution < -0.4 is 0 Å². The lowest BCUT2D eigenvalue weighted by molar-refractivity contribution is 0.674. The van der Waals surface area contributed by atoms with Gasteiger partial charge in [0.1, 0.15) is 0 Å². The second-order valence-electron chi connectivity index (χ2n) is 3.61. The number of hydrogen-bond donors (Lipinski definition) is 0. The fourth-order valence-electron chi connectivity index (χ4n) is 1.65. The molecule has 0 radical (unpaired) electrons. The minimum Gasteiger partial charge on any atom is -0.0916 e. The lowest BCUT2D eigenvalue weighted by atomic mass is 9.93. The molecule has 1 atom stereocenters. The molecule has 0 aliphatic heterocycles. The van der Waals surface area contributed by atoms with E-state index in [0.29, 0.717) is 5.92 Å². The van der Waals surface area contributed by atoms with Gasteiger partial charge in [-0.3, -0.25) is 0 Å². The molecule has 1 aromatic rings. The van der Waals surface area contributed by atoms with Crippen LogP contribution in [0, 0.1) is 0 Å². The Bertz CT molecular complexity index is 322. The monoisotopic (exact) mass is 242 g/mol. The molecule has 0 aromatic heterocycles. The molecule has 0 bridgehead atoms. The Kier molecular flexibility index (Phi) is 5.21. The molecule has 82 valence electrons. The van der Waals surface area contributed by atoms with E-state index in [9.17, 15) is 0 Å². The average molecular weight is 243 g/mol. The van der Waals surface area contributed by atoms with Crippen molar-refractivity contribution in [2.75, 3.05) is 0 Å². The highest BCUT2D eigenvalue weighted by atomic mass is 35.5. The Labute approximate surface area is 102 Å². The molecule has 0 nitrogen and oxygen atoms in total. The number of hydrogen-bond acceptors (Lipinski definition) is 0. The van der Waals surface area contributed by atoms with Crippen molar-refractivity contribution in [3.05, 3.63) is 46.0 Å². The van der Waals surface area contributed by atoms with Gasteiger partial charge in [-0.05, 0) is 49.4 Å². The minimum absolute atomic E-state index is 0.511. The summed E-state index contributed by atoms with van der Waals surface area (Å²) < 4.78 is 0. The van der Waals surface area contributed by atoms with Crippen LogP contribution in [0.25, 0.3) is 0 Å². The Hall–Kier alpha value is -0.460. The van der Waals surface area contributed by atoms with Crippen LogP contribution in [0.3, 0.4) is 0 Å². The van der Waals surface area contributed by atoms with E-state index >= 15 is 0 Å². The molecule has 1 rings (SSSR count). The largest absolute Gasteiger partial charge is 0.0916 e. The molecule has 2 heteroatoms. The third-order valence-corrected chi connectivity index (χ3v) is 2.94. The summed E-state index contributed by atoms with van der Waals surface area (Å²) in [5, 5.41) is 1.44. The molecule has 0 N–H and O–H groups in total. The summed E-state index contributed by atoms with van der Waals surface area (Å²) in [6, 6.07) is 5.78. The molecule has 0 spiro atoms. The van der Waals surface area contributed by atoms with Gasteiger partial charge in [0.05, 0.1) is 0 Å². The molecule has 1 aromatic carbocycles. The molecule has 0 amide bonds. The highest BCUT2D eigenvalue weighted by Crippen LogP contribution is 2.29. The Balaban J connectivity index is 2.90. The van der Waals surface area contributed by atoms with Gasteiger partial charge >= 0.3 is 0 Å². The predicted molar refractivity (Wildman–Crippen MR) is 68.9 cm³/mol. The van der Waals surface area contributed by atoms with Crippen molar-refractivity contribution in [1.29, 1.82) is 0 Å². The summed E-state index contributed by atoms with van der Waals surface area (Å²) in [7, 11) is 0. The van der Waals surface area contributed by atoms with Crippen LogP contribution in [-0.4, -0.2) is 0 Å². The standard InChI is InChI=1S/C13H16Cl2/c1-3-5-6-10(4-2)11-7-12(14)9-13(15)8-11/h3,5,7-10H,4,6H2,1-2H3/b5-3-. The lowest BCUT2D eigenvalue weighted by Crippen LogP contribution is -1.95. The van der Waals surface area contributed by atoms with Gasteiger partial charge in [0.15, 0.2) is 0 Å². The van der Waals surface area contributed by atoms with Gasteiger partial charge in [-0.25, -0.2) is 0 Å². The van der Waals surface area contributed by atoms with Gasteiger partial charge in [0, 0.05) is 10.0 Å². The van der Waals surface area contributed by atoms with E-state index in [1.807, 2.05) is 19.1 Å². The minimum atomic E-state index is 0.511. The second-order valence-corrected chi connectivity index (χ2v) is 4.49. The topological polar surface area (TPSA) is 0 Å². The third-order valence-electron chi connectivity index (χ3n) is 2.51. The van der Waals surface area contributed by atoms with Crippen LogP contribution in [0.4, 0.5) is 0 Å². The van der Waals surface area contributed by atoms with E-state index in [1.165, 1.54) is 5.56 Å². The number of benzene rings is 1. The summed E-state index contributed by atoms with van der Waals surface area (Å²) in [6.07, 6.45) is 6.41. The molecule has 0 aliphatic rings. The van der Waals surface area contributed by atoms with E-state index < -0.39 is 0 Å². The number of rotatable bonds is 4. The smallest absolute Gasteiger partial charge is 0.0423 e. The number of halogens is 2. The van der Waals surface area contributed by atoms with Crippen LogP contribution in [0.5, 0.6) is 0 Å². The van der Waals surface area contributed by atoms with Crippen molar-refractivity contribution in [3.8, 4) is 0 Å². The zero-order chi connectivity index (χ0) is 11.3. The summed E-state index contributed by atoms with van der Waals surface area (Å²) in [5.41, 5.74) is 1.23. The normalized spacial score (nSPS) is 13.3. The van der Waals surface area contributed by atoms with Crippen molar-refractivity contribution in [1.82, 2.24) is 0 Å². The third kappa shape index (κ3) is 3.89. The highest BCUT2D eigenvalue weighted by molar-refractivity contribution is 6.34. The Morgan fingerprint density at radius 3 is 2.27 bits per heavy atom. The first kappa shape index (κ1) is 12.6. The van der Waals surface area contributed by atoms with Crippen LogP contribution in [-0.2, 0) is 0 Å². The summed E-state index contributed by atoms with van der Waals surface area (Å²) in [4.78, 5) is 0. The van der Waals surface area contributed by atoms with Gasteiger partial charge in [0.2, 0.25) is 0 Å². The van der Waals surface area contributed by atoms with Gasteiger partial charge in [-0.1, -0.05) is 42.3 Å². The molecule has 0 aliphatic carbocycles. The van der Waals surface area contributed by atoms with Gasteiger partial charge in [-0.15, -0.1) is 0 Å². The van der Waals surface area contributed by atoms with Crippen molar-refractivity contribution < 1.29 is 0 Å². The van der Waals surface area contributed by atoms with Crippen molar-refractivity contribution >= 4 is 23.2 Å². The zero-order valence-electron chi connectivity index (χ0n) is 9.13. The highest BCUT2D eigenvalue weighted by Gasteiger charge is 2.09. The van der Waals surface area contributed by atoms with Crippen molar-refractivity contribution in [2.45, 2.75) is 32.6 Å². The molecular weight excluding hydrogens is 227 g/mol. The molecule has 1 unspecified atom stereocenters. The van der Waals surface area contributed by atoms with E-state index in [4.69, 9.17) is 23.2 Å². The van der Waals surface area contributed by atoms with Crippen LogP contribution in [0.15, 0.2) is 30.4 Å². The quantitative estimate of drug-likeness (QED) is 0.616. The van der Waals surface area contributed by atoms with Crippen molar-refractivity contribution in [2.24, 2.45) is 0 Å². The molecule has 0 heterocycles. The summed E-state index contributed by atoms with van der Waals surface area (Å²) in [5.74, 6) is 0.511. The lowest BCUT2D eigenvalue weighted by Gasteiger charge is -2.13. The summed E-state index contributed by atoms with van der Waals surface area (Å²) >= 11 is 12.0. The molecular formula is C13H16Cl2. The van der Waals surface area contributed by atoms with Crippen molar-refractivity contribution in [3.63, 3.8) is 0 Å². The van der Waals surface area contributed by atoms with Gasteiger partial charge < -0.3 is 0 Å². The predicted octanol–water partition coefficient (Wildman–Crippen LogP) is 5.45. The fourth-order valence-corrected chi connectivity index (χ4v) is 2.19. The van der Waals surface area contributed by atoms with E-state index in [0.717, 1.165) is 22.9 Å². The molecule has 0 saturated heterocycles. The first-order valence-corrected chi connectivity index (χ1v) is 6.00. The Morgan fingerprint density at radius 2 is 1.80 bits per heavy atom. The Morgan fingerprint density at radius 1 is 1.20 bits per heavy atom. The van der Waals surface area contributed by atoms with E-state index in [2.05, 4.69) is 19.1 Å². The average Bonchev–Trinajstić information content (AvgIpc) is 2.17. The maximum atomic E-state index is 5.98. The first-order valence-electron chi connectivity index (χ1n) is 5.24. The van der Waals surface area contributed by atoms with Crippen LogP contribution in [0.1, 0.15) is 38.2 Å². The fraction of sp³-hybridized carbons (Fsp3) is 0.385. The summed E-state index contributed by atoms with van der Waals surface area (Å²) in [6.45, 7) is 4.22. The van der Waals surface area contributed by atoms with E-state index in [-0.39, 0.29) is 0 Å². The molecule has 0 fully saturated rings. The molecule has 0 saturated carbocycles. The van der Waals surface area contributed by atoms with Gasteiger partial charge in [0.25, 0.3) is 0 Å². The second kappa shape index (κ2) is 6.19. The van der Waals surface area contributed by atoms with Crippen LogP contribution >= 0.6 is 23.2 Å². The van der Waals surface area contributed by atoms with Crippen LogP contribution in [0.2, 0.25) is 10.0 Å². The zero-order valence-corrected chi connectivity index (χ0v) is 10.6. The maximum Gasteiger partial charge on any atom is 0.0423 e.